The van der Waals surface area contributed by atoms with E-state index < -0.39 is 0 Å². The average molecular weight is 356 g/mol. The molecule has 128 valence electrons. The third-order valence-corrected chi connectivity index (χ3v) is 6.12. The minimum atomic E-state index is 0. The van der Waals surface area contributed by atoms with Crippen LogP contribution in [0.4, 0.5) is 5.69 Å². The van der Waals surface area contributed by atoms with Gasteiger partial charge in [-0.05, 0) is 47.4 Å². The van der Waals surface area contributed by atoms with Gasteiger partial charge < -0.3 is 5.32 Å². The number of fused-ring (bicyclic) bond motifs is 4. The molecule has 1 aliphatic carbocycles. The molecule has 0 radical (unpaired) electrons. The molecule has 1 N–H and O–H groups in total. The molecule has 4 aromatic rings. The van der Waals surface area contributed by atoms with Crippen molar-refractivity contribution in [2.75, 3.05) is 11.9 Å². The van der Waals surface area contributed by atoms with Gasteiger partial charge in [-0.1, -0.05) is 60.7 Å². The summed E-state index contributed by atoms with van der Waals surface area (Å²) in [5.74, 6) is 0. The van der Waals surface area contributed by atoms with E-state index in [2.05, 4.69) is 90.3 Å². The second kappa shape index (κ2) is 6.47. The fourth-order valence-corrected chi connectivity index (χ4v) is 4.74. The summed E-state index contributed by atoms with van der Waals surface area (Å²) < 4.78 is 2.70. The van der Waals surface area contributed by atoms with Crippen LogP contribution in [0.3, 0.4) is 0 Å². The van der Waals surface area contributed by atoms with Crippen LogP contribution < -0.4 is 5.32 Å². The fraction of sp³-hybridized carbons (Fsp3) is 0.0833. The van der Waals surface area contributed by atoms with E-state index in [4.69, 9.17) is 0 Å². The largest absolute Gasteiger partial charge is 0.381 e. The van der Waals surface area contributed by atoms with E-state index in [1.165, 1.54) is 42.6 Å². The molecule has 1 nitrogen and oxygen atoms in total. The number of benzene rings is 3. The lowest BCUT2D eigenvalue weighted by Crippen LogP contribution is -2.05. The van der Waals surface area contributed by atoms with Crippen LogP contribution in [0.1, 0.15) is 19.0 Å². The standard InChI is InChI=1S/C24H19NS.H2/c1-2-9-18(20-10-4-3-8-17(20)7-1)16-25-19-13-14-24-22(15-19)21-11-5-6-12-23(21)26-24;/h1,3-15,25H,2,16H2;1H. The van der Waals surface area contributed by atoms with Crippen molar-refractivity contribution in [3.8, 4) is 0 Å². The van der Waals surface area contributed by atoms with Crippen molar-refractivity contribution in [3.05, 3.63) is 90.0 Å². The van der Waals surface area contributed by atoms with Crippen LogP contribution in [-0.2, 0) is 0 Å². The Morgan fingerprint density at radius 1 is 0.885 bits per heavy atom. The minimum Gasteiger partial charge on any atom is -0.381 e. The molecule has 0 saturated carbocycles. The predicted octanol–water partition coefficient (Wildman–Crippen LogP) is 7.21. The monoisotopic (exact) mass is 355 g/mol. The van der Waals surface area contributed by atoms with Crippen molar-refractivity contribution in [2.45, 2.75) is 6.42 Å². The summed E-state index contributed by atoms with van der Waals surface area (Å²) >= 11 is 1.86. The van der Waals surface area contributed by atoms with E-state index >= 15 is 0 Å². The Morgan fingerprint density at radius 3 is 2.73 bits per heavy atom. The molecule has 0 fully saturated rings. The number of rotatable bonds is 3. The molecular formula is C24H21NS. The first kappa shape index (κ1) is 15.4. The third kappa shape index (κ3) is 2.73. The van der Waals surface area contributed by atoms with Gasteiger partial charge in [0.2, 0.25) is 0 Å². The lowest BCUT2D eigenvalue weighted by Gasteiger charge is -2.12. The second-order valence-electron chi connectivity index (χ2n) is 6.62. The summed E-state index contributed by atoms with van der Waals surface area (Å²) in [6.45, 7) is 0.840. The molecule has 1 aliphatic rings. The predicted molar refractivity (Wildman–Crippen MR) is 118 cm³/mol. The molecule has 2 heteroatoms. The maximum Gasteiger partial charge on any atom is 0.0403 e. The summed E-state index contributed by atoms with van der Waals surface area (Å²) in [7, 11) is 0. The van der Waals surface area contributed by atoms with Gasteiger partial charge in [0.15, 0.2) is 0 Å². The summed E-state index contributed by atoms with van der Waals surface area (Å²) in [6, 6.07) is 24.0. The van der Waals surface area contributed by atoms with Gasteiger partial charge in [-0.3, -0.25) is 0 Å². The molecule has 1 aromatic heterocycles. The highest BCUT2D eigenvalue weighted by Gasteiger charge is 2.09. The Hall–Kier alpha value is -2.84. The molecule has 0 bridgehead atoms. The van der Waals surface area contributed by atoms with E-state index in [9.17, 15) is 0 Å². The van der Waals surface area contributed by atoms with Crippen molar-refractivity contribution in [2.24, 2.45) is 0 Å². The Labute approximate surface area is 158 Å². The number of anilines is 1. The molecule has 0 saturated heterocycles. The number of nitrogens with one attached hydrogen (secondary N) is 1. The van der Waals surface area contributed by atoms with Crippen LogP contribution in [0.25, 0.3) is 31.8 Å². The average Bonchev–Trinajstić information content (AvgIpc) is 2.92. The molecule has 0 spiro atoms. The Kier molecular flexibility index (Phi) is 3.84. The lowest BCUT2D eigenvalue weighted by atomic mass is 10.0. The second-order valence-corrected chi connectivity index (χ2v) is 7.70. The molecule has 26 heavy (non-hydrogen) atoms. The van der Waals surface area contributed by atoms with Gasteiger partial charge in [0.1, 0.15) is 0 Å². The smallest absolute Gasteiger partial charge is 0.0403 e. The van der Waals surface area contributed by atoms with Gasteiger partial charge in [0.05, 0.1) is 0 Å². The van der Waals surface area contributed by atoms with Crippen molar-refractivity contribution in [3.63, 3.8) is 0 Å². The number of thiophene rings is 1. The van der Waals surface area contributed by atoms with Crippen LogP contribution in [0, 0.1) is 0 Å². The van der Waals surface area contributed by atoms with Gasteiger partial charge in [-0.25, -0.2) is 0 Å². The molecule has 5 rings (SSSR count). The van der Waals surface area contributed by atoms with Crippen molar-refractivity contribution < 1.29 is 1.43 Å². The van der Waals surface area contributed by atoms with Gasteiger partial charge in [-0.15, -0.1) is 11.3 Å². The summed E-state index contributed by atoms with van der Waals surface area (Å²) in [5.41, 5.74) is 5.17. The molecule has 0 unspecified atom stereocenters. The van der Waals surface area contributed by atoms with E-state index in [0.29, 0.717) is 0 Å². The maximum absolute atomic E-state index is 3.64. The van der Waals surface area contributed by atoms with Crippen LogP contribution in [0.15, 0.2) is 78.9 Å². The van der Waals surface area contributed by atoms with E-state index in [1.807, 2.05) is 11.3 Å². The third-order valence-electron chi connectivity index (χ3n) is 4.96. The highest BCUT2D eigenvalue weighted by molar-refractivity contribution is 7.25. The highest BCUT2D eigenvalue weighted by Crippen LogP contribution is 2.35. The lowest BCUT2D eigenvalue weighted by molar-refractivity contribution is 1.31. The van der Waals surface area contributed by atoms with Crippen molar-refractivity contribution in [1.82, 2.24) is 0 Å². The van der Waals surface area contributed by atoms with Gasteiger partial charge in [-0.2, -0.15) is 0 Å². The summed E-state index contributed by atoms with van der Waals surface area (Å²) in [6.07, 6.45) is 7.77. The topological polar surface area (TPSA) is 12.0 Å². The van der Waals surface area contributed by atoms with Crippen molar-refractivity contribution in [1.29, 1.82) is 0 Å². The Balaban J connectivity index is 0.00000180. The van der Waals surface area contributed by atoms with Crippen LogP contribution in [0.5, 0.6) is 0 Å². The van der Waals surface area contributed by atoms with Crippen LogP contribution in [0.2, 0.25) is 0 Å². The first-order valence-corrected chi connectivity index (χ1v) is 9.80. The number of hydrogen-bond donors (Lipinski definition) is 1. The molecule has 0 aliphatic heterocycles. The quantitative estimate of drug-likeness (QED) is 0.409. The molecular weight excluding hydrogens is 334 g/mol. The molecule has 0 atom stereocenters. The van der Waals surface area contributed by atoms with Crippen LogP contribution >= 0.6 is 11.3 Å². The normalized spacial score (nSPS) is 13.5. The molecule has 1 heterocycles. The van der Waals surface area contributed by atoms with Crippen LogP contribution in [-0.4, -0.2) is 6.54 Å². The van der Waals surface area contributed by atoms with E-state index in [0.717, 1.165) is 13.0 Å². The number of hydrogen-bond acceptors (Lipinski definition) is 2. The maximum atomic E-state index is 3.64. The first-order valence-electron chi connectivity index (χ1n) is 8.99. The highest BCUT2D eigenvalue weighted by atomic mass is 32.1. The summed E-state index contributed by atoms with van der Waals surface area (Å²) in [5, 5.41) is 6.33. The van der Waals surface area contributed by atoms with E-state index in [1.54, 1.807) is 0 Å². The van der Waals surface area contributed by atoms with Gasteiger partial charge >= 0.3 is 0 Å². The van der Waals surface area contributed by atoms with Gasteiger partial charge in [0, 0.05) is 33.8 Å². The zero-order valence-corrected chi connectivity index (χ0v) is 15.2. The number of allylic oxidation sites excluding steroid dienone is 2. The minimum absolute atomic E-state index is 0. The Morgan fingerprint density at radius 2 is 1.73 bits per heavy atom. The van der Waals surface area contributed by atoms with Gasteiger partial charge in [0.25, 0.3) is 0 Å². The fourth-order valence-electron chi connectivity index (χ4n) is 3.65. The van der Waals surface area contributed by atoms with E-state index in [-0.39, 0.29) is 1.43 Å². The first-order chi connectivity index (χ1) is 12.9. The molecule has 3 aromatic carbocycles. The zero-order valence-electron chi connectivity index (χ0n) is 14.4. The zero-order chi connectivity index (χ0) is 17.3. The SMILES string of the molecule is C1=Cc2ccccc2C(CNc2ccc3sc4ccccc4c3c2)=CC1.[HH]. The summed E-state index contributed by atoms with van der Waals surface area (Å²) in [4.78, 5) is 0. The van der Waals surface area contributed by atoms with Crippen molar-refractivity contribution >= 4 is 48.8 Å². The molecule has 0 amide bonds. The Bertz CT molecular complexity index is 1170.